The van der Waals surface area contributed by atoms with Gasteiger partial charge < -0.3 is 15.4 Å². The Bertz CT molecular complexity index is 772. The van der Waals surface area contributed by atoms with Crippen LogP contribution in [0.3, 0.4) is 0 Å². The summed E-state index contributed by atoms with van der Waals surface area (Å²) >= 11 is 4.96. The minimum absolute atomic E-state index is 0.172. The minimum Gasteiger partial charge on any atom is -0.371 e. The molecule has 142 valence electrons. The van der Waals surface area contributed by atoms with Crippen LogP contribution in [-0.4, -0.2) is 63.7 Å². The lowest BCUT2D eigenvalue weighted by Crippen LogP contribution is -2.55. The van der Waals surface area contributed by atoms with Gasteiger partial charge in [-0.05, 0) is 24.7 Å². The van der Waals surface area contributed by atoms with E-state index in [2.05, 4.69) is 15.0 Å². The summed E-state index contributed by atoms with van der Waals surface area (Å²) in [5, 5.41) is 5.39. The van der Waals surface area contributed by atoms with Crippen molar-refractivity contribution in [2.24, 2.45) is 4.36 Å². The number of hydrogen-bond acceptors (Lipinski definition) is 7. The second-order valence-electron chi connectivity index (χ2n) is 5.88. The first-order valence-corrected chi connectivity index (χ1v) is 9.56. The van der Waals surface area contributed by atoms with Crippen molar-refractivity contribution in [3.05, 3.63) is 35.4 Å². The average molecular weight is 399 g/mol. The molecule has 2 atom stereocenters. The molecule has 10 heteroatoms. The number of nitrogens with one attached hydrogen (secondary N) is 2. The molecular formula is C16H22N4O4S2. The van der Waals surface area contributed by atoms with Gasteiger partial charge in [0.15, 0.2) is 5.11 Å². The van der Waals surface area contributed by atoms with Crippen LogP contribution in [0.2, 0.25) is 0 Å². The fourth-order valence-corrected chi connectivity index (χ4v) is 3.05. The van der Waals surface area contributed by atoms with Crippen LogP contribution in [0.5, 0.6) is 0 Å². The summed E-state index contributed by atoms with van der Waals surface area (Å²) in [4.78, 5) is 14.4. The molecule has 0 saturated carbocycles. The van der Waals surface area contributed by atoms with Gasteiger partial charge in [0.2, 0.25) is 5.91 Å². The summed E-state index contributed by atoms with van der Waals surface area (Å²) < 4.78 is 31.0. The maximum Gasteiger partial charge on any atom is 0.311 e. The maximum atomic E-state index is 12.5. The van der Waals surface area contributed by atoms with Crippen LogP contribution in [0.1, 0.15) is 17.2 Å². The first-order chi connectivity index (χ1) is 12.4. The van der Waals surface area contributed by atoms with Gasteiger partial charge in [-0.15, -0.1) is 0 Å². The van der Waals surface area contributed by atoms with Crippen molar-refractivity contribution in [2.75, 3.05) is 33.3 Å². The number of benzene rings is 1. The summed E-state index contributed by atoms with van der Waals surface area (Å²) in [5.74, 6) is -0.400. The summed E-state index contributed by atoms with van der Waals surface area (Å²) in [6, 6.07) is 7.24. The molecular weight excluding hydrogens is 376 g/mol. The van der Waals surface area contributed by atoms with Crippen LogP contribution in [0.15, 0.2) is 28.6 Å². The van der Waals surface area contributed by atoms with E-state index in [-0.39, 0.29) is 17.8 Å². The lowest BCUT2D eigenvalue weighted by Gasteiger charge is -2.37. The fraction of sp³-hybridized carbons (Fsp3) is 0.500. The van der Waals surface area contributed by atoms with Crippen molar-refractivity contribution in [2.45, 2.75) is 19.1 Å². The van der Waals surface area contributed by atoms with Crippen molar-refractivity contribution in [3.63, 3.8) is 0 Å². The van der Waals surface area contributed by atoms with E-state index in [0.29, 0.717) is 19.7 Å². The van der Waals surface area contributed by atoms with Gasteiger partial charge >= 0.3 is 10.5 Å². The average Bonchev–Trinajstić information content (AvgIpc) is 2.62. The molecule has 1 aliphatic heterocycles. The molecule has 2 N–H and O–H groups in total. The summed E-state index contributed by atoms with van der Waals surface area (Å²) in [5.41, 5.74) is 2.16. The molecule has 2 unspecified atom stereocenters. The predicted octanol–water partition coefficient (Wildman–Crippen LogP) is 0.420. The Balaban J connectivity index is 2.16. The standard InChI is InChI=1S/C16H22N4O4S2/c1-11-3-5-12(6-4-11)14-10-20(7-8-24-14)13(9-18-26(22)23)15(21)19-16(25)17-2/h3-6,13-14H,7-10H2,1-2H3,(H2,17,19,21,25). The highest BCUT2D eigenvalue weighted by molar-refractivity contribution is 7.80. The molecule has 1 fully saturated rings. The Morgan fingerprint density at radius 2 is 2.12 bits per heavy atom. The van der Waals surface area contributed by atoms with Crippen LogP contribution >= 0.6 is 12.2 Å². The van der Waals surface area contributed by atoms with Crippen LogP contribution in [0, 0.1) is 6.92 Å². The molecule has 1 amide bonds. The van der Waals surface area contributed by atoms with Gasteiger partial charge in [0.1, 0.15) is 6.04 Å². The molecule has 1 aliphatic rings. The molecule has 1 saturated heterocycles. The van der Waals surface area contributed by atoms with Crippen molar-refractivity contribution in [3.8, 4) is 0 Å². The van der Waals surface area contributed by atoms with E-state index in [4.69, 9.17) is 17.0 Å². The van der Waals surface area contributed by atoms with Crippen LogP contribution < -0.4 is 10.6 Å². The molecule has 1 aromatic carbocycles. The molecule has 2 rings (SSSR count). The third-order valence-electron chi connectivity index (χ3n) is 4.11. The van der Waals surface area contributed by atoms with E-state index in [9.17, 15) is 13.2 Å². The summed E-state index contributed by atoms with van der Waals surface area (Å²) in [7, 11) is -0.986. The third kappa shape index (κ3) is 5.84. The number of carbonyl (C=O) groups is 1. The zero-order valence-corrected chi connectivity index (χ0v) is 16.3. The van der Waals surface area contributed by atoms with Crippen LogP contribution in [0.25, 0.3) is 0 Å². The largest absolute Gasteiger partial charge is 0.371 e. The van der Waals surface area contributed by atoms with Crippen LogP contribution in [-0.2, 0) is 20.0 Å². The molecule has 0 spiro atoms. The van der Waals surface area contributed by atoms with Gasteiger partial charge in [-0.1, -0.05) is 29.8 Å². The summed E-state index contributed by atoms with van der Waals surface area (Å²) in [6.45, 7) is 3.21. The molecule has 0 radical (unpaired) electrons. The second kappa shape index (κ2) is 9.72. The van der Waals surface area contributed by atoms with E-state index >= 15 is 0 Å². The molecule has 0 bridgehead atoms. The number of ether oxygens (including phenoxy) is 1. The highest BCUT2D eigenvalue weighted by Gasteiger charge is 2.32. The zero-order valence-electron chi connectivity index (χ0n) is 14.6. The quantitative estimate of drug-likeness (QED) is 0.694. The van der Waals surface area contributed by atoms with E-state index in [1.54, 1.807) is 7.05 Å². The normalized spacial score (nSPS) is 18.6. The minimum atomic E-state index is -2.58. The number of aryl methyl sites for hydroxylation is 1. The highest BCUT2D eigenvalue weighted by atomic mass is 32.2. The topological polar surface area (TPSA) is 100 Å². The zero-order chi connectivity index (χ0) is 19.1. The number of thiocarbonyl (C=S) groups is 1. The molecule has 26 heavy (non-hydrogen) atoms. The van der Waals surface area contributed by atoms with E-state index < -0.39 is 22.4 Å². The summed E-state index contributed by atoms with van der Waals surface area (Å²) in [6.07, 6.45) is -0.200. The predicted molar refractivity (Wildman–Crippen MR) is 101 cm³/mol. The number of morpholine rings is 1. The van der Waals surface area contributed by atoms with E-state index in [1.807, 2.05) is 36.1 Å². The number of nitrogens with zero attached hydrogens (tertiary/aromatic N) is 2. The number of carbonyl (C=O) groups excluding carboxylic acids is 1. The van der Waals surface area contributed by atoms with Crippen molar-refractivity contribution in [1.29, 1.82) is 0 Å². The first kappa shape index (κ1) is 20.4. The number of hydrogen-bond donors (Lipinski definition) is 2. The first-order valence-electron chi connectivity index (χ1n) is 8.12. The smallest absolute Gasteiger partial charge is 0.311 e. The van der Waals surface area contributed by atoms with Gasteiger partial charge in [-0.2, -0.15) is 12.8 Å². The van der Waals surface area contributed by atoms with E-state index in [1.165, 1.54) is 0 Å². The van der Waals surface area contributed by atoms with Gasteiger partial charge in [0.05, 0.1) is 19.3 Å². The Labute approximate surface area is 159 Å². The number of amides is 1. The molecule has 0 aliphatic carbocycles. The molecule has 0 aromatic heterocycles. The van der Waals surface area contributed by atoms with Crippen molar-refractivity contribution in [1.82, 2.24) is 15.5 Å². The van der Waals surface area contributed by atoms with Gasteiger partial charge in [-0.25, -0.2) is 0 Å². The second-order valence-corrected chi connectivity index (χ2v) is 6.98. The Kier molecular flexibility index (Phi) is 7.64. The van der Waals surface area contributed by atoms with Gasteiger partial charge in [0.25, 0.3) is 0 Å². The molecule has 1 aromatic rings. The van der Waals surface area contributed by atoms with Crippen molar-refractivity contribution < 1.29 is 17.9 Å². The van der Waals surface area contributed by atoms with Crippen LogP contribution in [0.4, 0.5) is 0 Å². The van der Waals surface area contributed by atoms with E-state index in [0.717, 1.165) is 11.1 Å². The highest BCUT2D eigenvalue weighted by Crippen LogP contribution is 2.24. The fourth-order valence-electron chi connectivity index (χ4n) is 2.69. The lowest BCUT2D eigenvalue weighted by molar-refractivity contribution is -0.128. The SMILES string of the molecule is CNC(=S)NC(=O)C(CN=S(=O)=O)N1CCOC(c2ccc(C)cc2)C1. The Hall–Kier alpha value is -1.88. The van der Waals surface area contributed by atoms with Gasteiger partial charge in [0, 0.05) is 20.1 Å². The lowest BCUT2D eigenvalue weighted by atomic mass is 10.0. The Morgan fingerprint density at radius 1 is 1.42 bits per heavy atom. The molecule has 8 nitrogen and oxygen atoms in total. The third-order valence-corrected chi connectivity index (χ3v) is 4.77. The molecule has 1 heterocycles. The maximum absolute atomic E-state index is 12.5. The monoisotopic (exact) mass is 398 g/mol. The van der Waals surface area contributed by atoms with Crippen molar-refractivity contribution >= 4 is 33.7 Å². The number of rotatable bonds is 5. The van der Waals surface area contributed by atoms with Gasteiger partial charge in [-0.3, -0.25) is 9.69 Å². The Morgan fingerprint density at radius 3 is 2.73 bits per heavy atom.